The third-order valence-electron chi connectivity index (χ3n) is 1.70. The van der Waals surface area contributed by atoms with Gasteiger partial charge in [0.2, 0.25) is 0 Å². The van der Waals surface area contributed by atoms with Gasteiger partial charge in [-0.05, 0) is 20.8 Å². The predicted octanol–water partition coefficient (Wildman–Crippen LogP) is 1.62. The van der Waals surface area contributed by atoms with Crippen LogP contribution in [0.25, 0.3) is 0 Å². The van der Waals surface area contributed by atoms with Gasteiger partial charge in [-0.2, -0.15) is 0 Å². The van der Waals surface area contributed by atoms with E-state index in [1.54, 1.807) is 0 Å². The Kier molecular flexibility index (Phi) is 3.29. The normalized spacial score (nSPS) is 11.0. The minimum Gasteiger partial charge on any atom is -0.377 e. The molecule has 3 heteroatoms. The van der Waals surface area contributed by atoms with Gasteiger partial charge >= 0.3 is 0 Å². The summed E-state index contributed by atoms with van der Waals surface area (Å²) in [7, 11) is 0. The van der Waals surface area contributed by atoms with Crippen LogP contribution < -0.4 is 0 Å². The van der Waals surface area contributed by atoms with Crippen molar-refractivity contribution in [2.45, 2.75) is 33.4 Å². The minimum absolute atomic E-state index is 0.314. The van der Waals surface area contributed by atoms with Crippen LogP contribution in [0.4, 0.5) is 0 Å². The molecule has 0 amide bonds. The number of hydrogen-bond acceptors (Lipinski definition) is 2. The monoisotopic (exact) mass is 168 g/mol. The van der Waals surface area contributed by atoms with Gasteiger partial charge in [0.25, 0.3) is 0 Å². The zero-order valence-corrected chi connectivity index (χ0v) is 7.95. The molecule has 1 aromatic rings. The molecule has 68 valence electrons. The van der Waals surface area contributed by atoms with Gasteiger partial charge in [-0.25, -0.2) is 4.98 Å². The summed E-state index contributed by atoms with van der Waals surface area (Å²) in [4.78, 5) is 4.03. The third-order valence-corrected chi connectivity index (χ3v) is 1.70. The van der Waals surface area contributed by atoms with E-state index in [1.807, 2.05) is 33.3 Å². The van der Waals surface area contributed by atoms with Crippen molar-refractivity contribution >= 4 is 0 Å². The molecule has 3 nitrogen and oxygen atoms in total. The van der Waals surface area contributed by atoms with E-state index < -0.39 is 0 Å². The van der Waals surface area contributed by atoms with Gasteiger partial charge in [0, 0.05) is 18.4 Å². The van der Waals surface area contributed by atoms with E-state index >= 15 is 0 Å². The van der Waals surface area contributed by atoms with E-state index in [4.69, 9.17) is 4.74 Å². The molecule has 0 N–H and O–H groups in total. The van der Waals surface area contributed by atoms with Crippen molar-refractivity contribution in [1.29, 1.82) is 0 Å². The molecule has 0 aliphatic heterocycles. The lowest BCUT2D eigenvalue weighted by Crippen LogP contribution is -2.10. The number of aryl methyl sites for hydroxylation is 1. The van der Waals surface area contributed by atoms with Gasteiger partial charge < -0.3 is 9.30 Å². The number of nitrogens with zero attached hydrogens (tertiary/aromatic N) is 2. The average Bonchev–Trinajstić information content (AvgIpc) is 2.36. The van der Waals surface area contributed by atoms with E-state index in [0.717, 1.165) is 13.2 Å². The zero-order chi connectivity index (χ0) is 8.97. The van der Waals surface area contributed by atoms with Gasteiger partial charge in [-0.3, -0.25) is 0 Å². The van der Waals surface area contributed by atoms with Crippen LogP contribution in [0.1, 0.15) is 19.5 Å². The van der Waals surface area contributed by atoms with Crippen LogP contribution >= 0.6 is 0 Å². The molecule has 1 aromatic heterocycles. The molecule has 0 aromatic carbocycles. The fraction of sp³-hybridized carbons (Fsp3) is 0.667. The van der Waals surface area contributed by atoms with Crippen molar-refractivity contribution in [1.82, 2.24) is 9.55 Å². The summed E-state index contributed by atoms with van der Waals surface area (Å²) in [5.74, 6) is 0. The summed E-state index contributed by atoms with van der Waals surface area (Å²) in [5, 5.41) is 0. The highest BCUT2D eigenvalue weighted by Gasteiger charge is 1.96. The summed E-state index contributed by atoms with van der Waals surface area (Å²) in [5.41, 5.74) is 1.18. The van der Waals surface area contributed by atoms with E-state index in [1.165, 1.54) is 5.69 Å². The molecule has 1 heterocycles. The lowest BCUT2D eigenvalue weighted by molar-refractivity contribution is 0.0725. The maximum Gasteiger partial charge on any atom is 0.0948 e. The summed E-state index contributed by atoms with van der Waals surface area (Å²) in [6, 6.07) is 0. The van der Waals surface area contributed by atoms with Gasteiger partial charge in [0.05, 0.1) is 19.0 Å². The fourth-order valence-corrected chi connectivity index (χ4v) is 1.01. The molecule has 0 atom stereocenters. The molecular formula is C9H16N2O. The maximum absolute atomic E-state index is 5.42. The Hall–Kier alpha value is -0.830. The topological polar surface area (TPSA) is 27.1 Å². The molecule has 0 aliphatic carbocycles. The molecule has 0 saturated heterocycles. The minimum atomic E-state index is 0.314. The lowest BCUT2D eigenvalue weighted by atomic mass is 10.5. The molecule has 0 bridgehead atoms. The highest BCUT2D eigenvalue weighted by Crippen LogP contribution is 1.97. The number of ether oxygens (including phenoxy) is 1. The molecule has 1 rings (SSSR count). The first kappa shape index (κ1) is 9.26. The number of hydrogen-bond donors (Lipinski definition) is 0. The lowest BCUT2D eigenvalue weighted by Gasteiger charge is -2.08. The van der Waals surface area contributed by atoms with Crippen molar-refractivity contribution in [3.63, 3.8) is 0 Å². The van der Waals surface area contributed by atoms with E-state index in [9.17, 15) is 0 Å². The maximum atomic E-state index is 5.42. The average molecular weight is 168 g/mol. The second-order valence-electron chi connectivity index (χ2n) is 3.15. The summed E-state index contributed by atoms with van der Waals surface area (Å²) >= 11 is 0. The van der Waals surface area contributed by atoms with Gasteiger partial charge in [0.15, 0.2) is 0 Å². The van der Waals surface area contributed by atoms with Crippen molar-refractivity contribution < 1.29 is 4.74 Å². The number of imidazole rings is 1. The Morgan fingerprint density at radius 1 is 1.58 bits per heavy atom. The molecule has 0 unspecified atom stereocenters. The van der Waals surface area contributed by atoms with E-state index in [2.05, 4.69) is 9.55 Å². The number of rotatable bonds is 4. The molecular weight excluding hydrogens is 152 g/mol. The summed E-state index contributed by atoms with van der Waals surface area (Å²) < 4.78 is 7.51. The SMILES string of the molecule is Cc1cncn1CCOC(C)C. The van der Waals surface area contributed by atoms with Gasteiger partial charge in [-0.15, -0.1) is 0 Å². The van der Waals surface area contributed by atoms with Gasteiger partial charge in [0.1, 0.15) is 0 Å². The number of aromatic nitrogens is 2. The Labute approximate surface area is 73.4 Å². The highest BCUT2D eigenvalue weighted by molar-refractivity contribution is 4.93. The van der Waals surface area contributed by atoms with Crippen LogP contribution in [-0.4, -0.2) is 22.3 Å². The van der Waals surface area contributed by atoms with Crippen molar-refractivity contribution in [2.75, 3.05) is 6.61 Å². The standard InChI is InChI=1S/C9H16N2O/c1-8(2)12-5-4-11-7-10-6-9(11)3/h6-8H,4-5H2,1-3H3. The summed E-state index contributed by atoms with van der Waals surface area (Å²) in [6.45, 7) is 7.78. The van der Waals surface area contributed by atoms with Crippen LogP contribution in [0.2, 0.25) is 0 Å². The fourth-order valence-electron chi connectivity index (χ4n) is 1.01. The largest absolute Gasteiger partial charge is 0.377 e. The molecule has 0 saturated carbocycles. The molecule has 12 heavy (non-hydrogen) atoms. The molecule has 0 fully saturated rings. The Balaban J connectivity index is 2.29. The molecule has 0 spiro atoms. The van der Waals surface area contributed by atoms with Crippen LogP contribution in [0.3, 0.4) is 0 Å². The van der Waals surface area contributed by atoms with Crippen molar-refractivity contribution in [2.24, 2.45) is 0 Å². The Morgan fingerprint density at radius 3 is 2.83 bits per heavy atom. The van der Waals surface area contributed by atoms with Crippen molar-refractivity contribution in [3.05, 3.63) is 18.2 Å². The predicted molar refractivity (Wildman–Crippen MR) is 48.1 cm³/mol. The van der Waals surface area contributed by atoms with E-state index in [0.29, 0.717) is 6.10 Å². The smallest absolute Gasteiger partial charge is 0.0948 e. The van der Waals surface area contributed by atoms with Crippen LogP contribution in [0, 0.1) is 6.92 Å². The molecule has 0 radical (unpaired) electrons. The van der Waals surface area contributed by atoms with Crippen molar-refractivity contribution in [3.8, 4) is 0 Å². The Bertz CT molecular complexity index is 230. The second-order valence-corrected chi connectivity index (χ2v) is 3.15. The first-order valence-electron chi connectivity index (χ1n) is 4.28. The first-order valence-corrected chi connectivity index (χ1v) is 4.28. The summed E-state index contributed by atoms with van der Waals surface area (Å²) in [6.07, 6.45) is 4.00. The van der Waals surface area contributed by atoms with E-state index in [-0.39, 0.29) is 0 Å². The van der Waals surface area contributed by atoms with Gasteiger partial charge in [-0.1, -0.05) is 0 Å². The quantitative estimate of drug-likeness (QED) is 0.683. The van der Waals surface area contributed by atoms with Crippen LogP contribution in [0.5, 0.6) is 0 Å². The Morgan fingerprint density at radius 2 is 2.33 bits per heavy atom. The van der Waals surface area contributed by atoms with Crippen LogP contribution in [0.15, 0.2) is 12.5 Å². The second kappa shape index (κ2) is 4.26. The highest BCUT2D eigenvalue weighted by atomic mass is 16.5. The first-order chi connectivity index (χ1) is 5.70. The molecule has 0 aliphatic rings. The third kappa shape index (κ3) is 2.66. The zero-order valence-electron chi connectivity index (χ0n) is 7.95. The van der Waals surface area contributed by atoms with Crippen LogP contribution in [-0.2, 0) is 11.3 Å².